The van der Waals surface area contributed by atoms with Crippen molar-refractivity contribution >= 4 is 39.7 Å². The number of amides is 3. The van der Waals surface area contributed by atoms with Crippen LogP contribution in [0.2, 0.25) is 0 Å². The molecule has 3 N–H and O–H groups in total. The summed E-state index contributed by atoms with van der Waals surface area (Å²) in [6, 6.07) is 24.2. The van der Waals surface area contributed by atoms with Crippen LogP contribution in [0.4, 0.5) is 0 Å². The Balaban J connectivity index is 1.77. The molecule has 0 aliphatic rings. The van der Waals surface area contributed by atoms with Crippen LogP contribution in [0.15, 0.2) is 95.1 Å². The average molecular weight is 464 g/mol. The first-order valence-corrected chi connectivity index (χ1v) is 9.81. The number of halogens is 1. The first kappa shape index (κ1) is 21.0. The smallest absolute Gasteiger partial charge is 0.286 e. The third-order valence-electron chi connectivity index (χ3n) is 4.04. The van der Waals surface area contributed by atoms with Gasteiger partial charge in [-0.05, 0) is 48.0 Å². The number of hydrazine groups is 1. The van der Waals surface area contributed by atoms with Crippen LogP contribution in [0.3, 0.4) is 0 Å². The van der Waals surface area contributed by atoms with Gasteiger partial charge in [0.05, 0.1) is 0 Å². The van der Waals surface area contributed by atoms with Gasteiger partial charge in [0.2, 0.25) is 0 Å². The Morgan fingerprint density at radius 3 is 1.77 bits per heavy atom. The van der Waals surface area contributed by atoms with Crippen molar-refractivity contribution in [3.8, 4) is 0 Å². The maximum Gasteiger partial charge on any atom is 0.286 e. The lowest BCUT2D eigenvalue weighted by atomic mass is 10.1. The number of nitrogens with one attached hydrogen (secondary N) is 3. The summed E-state index contributed by atoms with van der Waals surface area (Å²) in [7, 11) is 0. The van der Waals surface area contributed by atoms with E-state index >= 15 is 0 Å². The fraction of sp³-hybridized carbons (Fsp3) is 0. The standard InChI is InChI=1S/C23H18BrN3O3/c24-19-13-11-16(12-14-19)15-20(25-21(28)17-7-3-1-4-8-17)23(30)27-26-22(29)18-9-5-2-6-10-18/h1-15H,(H,25,28)(H,26,29)(H,27,30). The van der Waals surface area contributed by atoms with E-state index in [1.165, 1.54) is 6.08 Å². The SMILES string of the molecule is O=C(NNC(=O)c1ccccc1)C(=Cc1ccc(Br)cc1)NC(=O)c1ccccc1. The number of benzene rings is 3. The molecule has 3 rings (SSSR count). The highest BCUT2D eigenvalue weighted by molar-refractivity contribution is 9.10. The maximum absolute atomic E-state index is 12.7. The fourth-order valence-corrected chi connectivity index (χ4v) is 2.77. The van der Waals surface area contributed by atoms with Gasteiger partial charge in [-0.25, -0.2) is 0 Å². The van der Waals surface area contributed by atoms with Crippen LogP contribution in [0.25, 0.3) is 6.08 Å². The number of carbonyl (C=O) groups excluding carboxylic acids is 3. The van der Waals surface area contributed by atoms with E-state index in [9.17, 15) is 14.4 Å². The summed E-state index contributed by atoms with van der Waals surface area (Å²) in [6.45, 7) is 0. The molecule has 3 aromatic carbocycles. The Morgan fingerprint density at radius 2 is 1.20 bits per heavy atom. The highest BCUT2D eigenvalue weighted by Crippen LogP contribution is 2.13. The molecule has 150 valence electrons. The molecule has 7 heteroatoms. The quantitative estimate of drug-likeness (QED) is 0.398. The summed E-state index contributed by atoms with van der Waals surface area (Å²) in [5.74, 6) is -1.57. The van der Waals surface area contributed by atoms with Crippen LogP contribution in [0.5, 0.6) is 0 Å². The third kappa shape index (κ3) is 5.89. The van der Waals surface area contributed by atoms with Crippen LogP contribution in [0.1, 0.15) is 26.3 Å². The molecule has 0 aliphatic carbocycles. The van der Waals surface area contributed by atoms with Gasteiger partial charge in [0.25, 0.3) is 17.7 Å². The van der Waals surface area contributed by atoms with Crippen molar-refractivity contribution < 1.29 is 14.4 Å². The molecule has 0 spiro atoms. The Kier molecular flexibility index (Phi) is 7.13. The maximum atomic E-state index is 12.7. The summed E-state index contributed by atoms with van der Waals surface area (Å²) < 4.78 is 0.883. The van der Waals surface area contributed by atoms with Crippen LogP contribution in [-0.4, -0.2) is 17.7 Å². The number of carbonyl (C=O) groups is 3. The second-order valence-corrected chi connectivity index (χ2v) is 7.12. The van der Waals surface area contributed by atoms with Gasteiger partial charge in [-0.15, -0.1) is 0 Å². The van der Waals surface area contributed by atoms with Crippen LogP contribution < -0.4 is 16.2 Å². The molecule has 0 saturated heterocycles. The van der Waals surface area contributed by atoms with E-state index in [1.54, 1.807) is 72.8 Å². The zero-order valence-corrected chi connectivity index (χ0v) is 17.3. The Hall–Kier alpha value is -3.71. The zero-order valence-electron chi connectivity index (χ0n) is 15.8. The Bertz CT molecular complexity index is 1070. The molecule has 6 nitrogen and oxygen atoms in total. The number of rotatable bonds is 5. The second-order valence-electron chi connectivity index (χ2n) is 6.20. The largest absolute Gasteiger partial charge is 0.317 e. The monoisotopic (exact) mass is 463 g/mol. The molecule has 0 saturated carbocycles. The van der Waals surface area contributed by atoms with E-state index in [0.717, 1.165) is 4.47 Å². The lowest BCUT2D eigenvalue weighted by molar-refractivity contribution is -0.118. The minimum absolute atomic E-state index is 0.0143. The Labute approximate surface area is 182 Å². The molecule has 30 heavy (non-hydrogen) atoms. The van der Waals surface area contributed by atoms with Gasteiger partial charge < -0.3 is 5.32 Å². The molecule has 0 unspecified atom stereocenters. The van der Waals surface area contributed by atoms with Gasteiger partial charge in [-0.2, -0.15) is 0 Å². The average Bonchev–Trinajstić information content (AvgIpc) is 2.79. The topological polar surface area (TPSA) is 87.3 Å². The Morgan fingerprint density at radius 1 is 0.667 bits per heavy atom. The summed E-state index contributed by atoms with van der Waals surface area (Å²) >= 11 is 3.36. The van der Waals surface area contributed by atoms with E-state index < -0.39 is 17.7 Å². The molecule has 0 bridgehead atoms. The normalized spacial score (nSPS) is 10.8. The molecule has 0 atom stereocenters. The van der Waals surface area contributed by atoms with Gasteiger partial charge >= 0.3 is 0 Å². The summed E-state index contributed by atoms with van der Waals surface area (Å²) in [5.41, 5.74) is 6.17. The van der Waals surface area contributed by atoms with Gasteiger partial charge in [0, 0.05) is 15.6 Å². The van der Waals surface area contributed by atoms with E-state index in [-0.39, 0.29) is 5.70 Å². The molecule has 3 aromatic rings. The molecule has 0 aromatic heterocycles. The number of hydrogen-bond acceptors (Lipinski definition) is 3. The molecule has 0 radical (unpaired) electrons. The predicted octanol–water partition coefficient (Wildman–Crippen LogP) is 3.68. The van der Waals surface area contributed by atoms with E-state index in [0.29, 0.717) is 16.7 Å². The molecular weight excluding hydrogens is 446 g/mol. The predicted molar refractivity (Wildman–Crippen MR) is 118 cm³/mol. The van der Waals surface area contributed by atoms with Crippen molar-refractivity contribution in [3.63, 3.8) is 0 Å². The van der Waals surface area contributed by atoms with Crippen molar-refractivity contribution in [2.75, 3.05) is 0 Å². The molecule has 0 fully saturated rings. The summed E-state index contributed by atoms with van der Waals surface area (Å²) in [5, 5.41) is 2.61. The lowest BCUT2D eigenvalue weighted by Gasteiger charge is -2.12. The van der Waals surface area contributed by atoms with E-state index in [4.69, 9.17) is 0 Å². The highest BCUT2D eigenvalue weighted by Gasteiger charge is 2.15. The van der Waals surface area contributed by atoms with Crippen LogP contribution in [0, 0.1) is 0 Å². The van der Waals surface area contributed by atoms with Crippen molar-refractivity contribution in [2.45, 2.75) is 0 Å². The van der Waals surface area contributed by atoms with Crippen molar-refractivity contribution in [2.24, 2.45) is 0 Å². The third-order valence-corrected chi connectivity index (χ3v) is 4.56. The lowest BCUT2D eigenvalue weighted by Crippen LogP contribution is -2.45. The van der Waals surface area contributed by atoms with Gasteiger partial charge in [0.15, 0.2) is 0 Å². The van der Waals surface area contributed by atoms with Crippen LogP contribution >= 0.6 is 15.9 Å². The molecule has 0 aliphatic heterocycles. The number of hydrogen-bond donors (Lipinski definition) is 3. The highest BCUT2D eigenvalue weighted by atomic mass is 79.9. The van der Waals surface area contributed by atoms with Crippen molar-refractivity contribution in [3.05, 3.63) is 112 Å². The zero-order chi connectivity index (χ0) is 21.3. The van der Waals surface area contributed by atoms with Crippen molar-refractivity contribution in [1.82, 2.24) is 16.2 Å². The van der Waals surface area contributed by atoms with Crippen molar-refractivity contribution in [1.29, 1.82) is 0 Å². The van der Waals surface area contributed by atoms with E-state index in [2.05, 4.69) is 32.1 Å². The first-order valence-electron chi connectivity index (χ1n) is 9.02. The van der Waals surface area contributed by atoms with Crippen LogP contribution in [-0.2, 0) is 4.79 Å². The minimum atomic E-state index is -0.661. The molecule has 3 amide bonds. The van der Waals surface area contributed by atoms with Gasteiger partial charge in [-0.3, -0.25) is 25.2 Å². The second kappa shape index (κ2) is 10.2. The fourth-order valence-electron chi connectivity index (χ4n) is 2.51. The molecular formula is C23H18BrN3O3. The summed E-state index contributed by atoms with van der Waals surface area (Å²) in [4.78, 5) is 37.4. The minimum Gasteiger partial charge on any atom is -0.317 e. The molecule has 0 heterocycles. The first-order chi connectivity index (χ1) is 14.5. The van der Waals surface area contributed by atoms with Gasteiger partial charge in [0.1, 0.15) is 5.70 Å². The van der Waals surface area contributed by atoms with Gasteiger partial charge in [-0.1, -0.05) is 64.5 Å². The van der Waals surface area contributed by atoms with E-state index in [1.807, 2.05) is 12.1 Å². The summed E-state index contributed by atoms with van der Waals surface area (Å²) in [6.07, 6.45) is 1.53.